The maximum absolute atomic E-state index is 12.8. The lowest BCUT2D eigenvalue weighted by atomic mass is 10.1. The average Bonchev–Trinajstić information content (AvgIpc) is 2.76. The van der Waals surface area contributed by atoms with Gasteiger partial charge in [0, 0.05) is 56.2 Å². The van der Waals surface area contributed by atoms with Crippen molar-refractivity contribution in [3.8, 4) is 0 Å². The molecule has 0 spiro atoms. The Morgan fingerprint density at radius 1 is 0.679 bits per heavy atom. The number of piperidine rings is 1. The van der Waals surface area contributed by atoms with Gasteiger partial charge in [-0.1, -0.05) is 6.07 Å². The molecule has 0 unspecified atom stereocenters. The lowest BCUT2D eigenvalue weighted by molar-refractivity contribution is 0.0746. The standard InChI is InChI=1S/C24H31N3O/c1-19-6-7-21(18-20(19)2)24(28)27-16-14-26(15-17-27)23-10-8-22(9-11-23)25-12-4-3-5-13-25/h6-11,18H,3-5,12-17H2,1-2H3. The van der Waals surface area contributed by atoms with Gasteiger partial charge in [0.05, 0.1) is 0 Å². The zero-order valence-corrected chi connectivity index (χ0v) is 17.2. The van der Waals surface area contributed by atoms with Gasteiger partial charge in [-0.05, 0) is 80.6 Å². The number of rotatable bonds is 3. The van der Waals surface area contributed by atoms with E-state index in [-0.39, 0.29) is 5.91 Å². The van der Waals surface area contributed by atoms with Crippen LogP contribution >= 0.6 is 0 Å². The Kier molecular flexibility index (Phi) is 5.56. The smallest absolute Gasteiger partial charge is 0.253 e. The first kappa shape index (κ1) is 18.9. The van der Waals surface area contributed by atoms with Crippen LogP contribution in [0.2, 0.25) is 0 Å². The van der Waals surface area contributed by atoms with Crippen LogP contribution in [0.15, 0.2) is 42.5 Å². The Morgan fingerprint density at radius 2 is 1.25 bits per heavy atom. The fourth-order valence-electron chi connectivity index (χ4n) is 4.25. The predicted molar refractivity (Wildman–Crippen MR) is 117 cm³/mol. The summed E-state index contributed by atoms with van der Waals surface area (Å²) < 4.78 is 0. The molecule has 0 aromatic heterocycles. The van der Waals surface area contributed by atoms with E-state index < -0.39 is 0 Å². The summed E-state index contributed by atoms with van der Waals surface area (Å²) in [7, 11) is 0. The molecule has 148 valence electrons. The Balaban J connectivity index is 1.35. The average molecular weight is 378 g/mol. The van der Waals surface area contributed by atoms with E-state index in [2.05, 4.69) is 47.9 Å². The SMILES string of the molecule is Cc1ccc(C(=O)N2CCN(c3ccc(N4CCCCC4)cc3)CC2)cc1C. The molecule has 2 saturated heterocycles. The van der Waals surface area contributed by atoms with E-state index in [9.17, 15) is 4.79 Å². The molecule has 2 aliphatic rings. The monoisotopic (exact) mass is 377 g/mol. The van der Waals surface area contributed by atoms with Gasteiger partial charge in [0.25, 0.3) is 5.91 Å². The highest BCUT2D eigenvalue weighted by Gasteiger charge is 2.22. The maximum Gasteiger partial charge on any atom is 0.253 e. The number of hydrogen-bond donors (Lipinski definition) is 0. The van der Waals surface area contributed by atoms with Crippen molar-refractivity contribution in [1.29, 1.82) is 0 Å². The summed E-state index contributed by atoms with van der Waals surface area (Å²) in [6.07, 6.45) is 3.97. The van der Waals surface area contributed by atoms with Crippen molar-refractivity contribution < 1.29 is 4.79 Å². The van der Waals surface area contributed by atoms with Gasteiger partial charge >= 0.3 is 0 Å². The van der Waals surface area contributed by atoms with Crippen molar-refractivity contribution in [3.05, 3.63) is 59.2 Å². The van der Waals surface area contributed by atoms with Gasteiger partial charge in [-0.15, -0.1) is 0 Å². The van der Waals surface area contributed by atoms with Crippen molar-refractivity contribution in [3.63, 3.8) is 0 Å². The molecule has 4 heteroatoms. The van der Waals surface area contributed by atoms with Gasteiger partial charge in [-0.3, -0.25) is 4.79 Å². The predicted octanol–water partition coefficient (Wildman–Crippen LogP) is 4.26. The molecule has 0 aliphatic carbocycles. The summed E-state index contributed by atoms with van der Waals surface area (Å²) in [5.74, 6) is 0.156. The van der Waals surface area contributed by atoms with E-state index in [1.807, 2.05) is 23.1 Å². The third-order valence-electron chi connectivity index (χ3n) is 6.26. The maximum atomic E-state index is 12.8. The number of aryl methyl sites for hydroxylation is 2. The van der Waals surface area contributed by atoms with Crippen LogP contribution in [0.5, 0.6) is 0 Å². The Hall–Kier alpha value is -2.49. The van der Waals surface area contributed by atoms with Gasteiger partial charge in [-0.2, -0.15) is 0 Å². The Bertz CT molecular complexity index is 816. The Morgan fingerprint density at radius 3 is 1.82 bits per heavy atom. The molecule has 0 saturated carbocycles. The number of hydrogen-bond acceptors (Lipinski definition) is 3. The van der Waals surface area contributed by atoms with Crippen molar-refractivity contribution in [2.45, 2.75) is 33.1 Å². The second-order valence-electron chi connectivity index (χ2n) is 8.14. The summed E-state index contributed by atoms with van der Waals surface area (Å²) in [6.45, 7) is 9.84. The van der Waals surface area contributed by atoms with E-state index >= 15 is 0 Å². The molecule has 2 aromatic carbocycles. The summed E-state index contributed by atoms with van der Waals surface area (Å²) in [5.41, 5.74) is 5.82. The lowest BCUT2D eigenvalue weighted by Gasteiger charge is -2.36. The van der Waals surface area contributed by atoms with Crippen LogP contribution in [0.25, 0.3) is 0 Å². The highest BCUT2D eigenvalue weighted by Crippen LogP contribution is 2.24. The van der Waals surface area contributed by atoms with Crippen LogP contribution in [0.4, 0.5) is 11.4 Å². The molecule has 2 aliphatic heterocycles. The molecular formula is C24H31N3O. The first-order valence-corrected chi connectivity index (χ1v) is 10.6. The highest BCUT2D eigenvalue weighted by molar-refractivity contribution is 5.94. The summed E-state index contributed by atoms with van der Waals surface area (Å²) in [5, 5.41) is 0. The zero-order chi connectivity index (χ0) is 19.5. The fraction of sp³-hybridized carbons (Fsp3) is 0.458. The normalized spacial score (nSPS) is 17.7. The van der Waals surface area contributed by atoms with Crippen LogP contribution < -0.4 is 9.80 Å². The molecule has 2 aromatic rings. The fourth-order valence-corrected chi connectivity index (χ4v) is 4.25. The minimum Gasteiger partial charge on any atom is -0.372 e. The molecule has 2 heterocycles. The molecule has 0 N–H and O–H groups in total. The molecule has 0 radical (unpaired) electrons. The summed E-state index contributed by atoms with van der Waals surface area (Å²) in [6, 6.07) is 15.0. The van der Waals surface area contributed by atoms with Gasteiger partial charge < -0.3 is 14.7 Å². The van der Waals surface area contributed by atoms with Crippen LogP contribution in [0.3, 0.4) is 0 Å². The minimum atomic E-state index is 0.156. The van der Waals surface area contributed by atoms with E-state index in [1.165, 1.54) is 54.9 Å². The van der Waals surface area contributed by atoms with E-state index in [4.69, 9.17) is 0 Å². The molecule has 2 fully saturated rings. The van der Waals surface area contributed by atoms with Gasteiger partial charge in [0.15, 0.2) is 0 Å². The number of piperazine rings is 1. The number of nitrogens with zero attached hydrogens (tertiary/aromatic N) is 3. The van der Waals surface area contributed by atoms with Crippen molar-refractivity contribution >= 4 is 17.3 Å². The molecule has 28 heavy (non-hydrogen) atoms. The molecule has 4 rings (SSSR count). The minimum absolute atomic E-state index is 0.156. The van der Waals surface area contributed by atoms with Crippen LogP contribution in [0, 0.1) is 13.8 Å². The topological polar surface area (TPSA) is 26.8 Å². The third kappa shape index (κ3) is 4.01. The van der Waals surface area contributed by atoms with E-state index in [1.54, 1.807) is 0 Å². The molecule has 0 bridgehead atoms. The molecular weight excluding hydrogens is 346 g/mol. The number of carbonyl (C=O) groups excluding carboxylic acids is 1. The van der Waals surface area contributed by atoms with Gasteiger partial charge in [-0.25, -0.2) is 0 Å². The van der Waals surface area contributed by atoms with E-state index in [0.717, 1.165) is 31.7 Å². The Labute approximate surface area is 168 Å². The summed E-state index contributed by atoms with van der Waals surface area (Å²) >= 11 is 0. The second-order valence-corrected chi connectivity index (χ2v) is 8.14. The first-order valence-electron chi connectivity index (χ1n) is 10.6. The molecule has 0 atom stereocenters. The molecule has 4 nitrogen and oxygen atoms in total. The summed E-state index contributed by atoms with van der Waals surface area (Å²) in [4.78, 5) is 19.7. The number of amides is 1. The van der Waals surface area contributed by atoms with Crippen molar-refractivity contribution in [2.75, 3.05) is 49.1 Å². The number of carbonyl (C=O) groups is 1. The highest BCUT2D eigenvalue weighted by atomic mass is 16.2. The van der Waals surface area contributed by atoms with Gasteiger partial charge in [0.1, 0.15) is 0 Å². The largest absolute Gasteiger partial charge is 0.372 e. The number of anilines is 2. The quantitative estimate of drug-likeness (QED) is 0.800. The van der Waals surface area contributed by atoms with Crippen molar-refractivity contribution in [1.82, 2.24) is 4.90 Å². The van der Waals surface area contributed by atoms with Crippen molar-refractivity contribution in [2.24, 2.45) is 0 Å². The second kappa shape index (κ2) is 8.26. The van der Waals surface area contributed by atoms with Crippen LogP contribution in [0.1, 0.15) is 40.7 Å². The molecule has 1 amide bonds. The third-order valence-corrected chi connectivity index (χ3v) is 6.26. The zero-order valence-electron chi connectivity index (χ0n) is 17.2. The first-order chi connectivity index (χ1) is 13.6. The van der Waals surface area contributed by atoms with Crippen LogP contribution in [-0.4, -0.2) is 50.1 Å². The van der Waals surface area contributed by atoms with E-state index in [0.29, 0.717) is 0 Å². The van der Waals surface area contributed by atoms with Gasteiger partial charge in [0.2, 0.25) is 0 Å². The van der Waals surface area contributed by atoms with Crippen LogP contribution in [-0.2, 0) is 0 Å². The number of benzene rings is 2. The lowest BCUT2D eigenvalue weighted by Crippen LogP contribution is -2.48.